The molecule has 0 bridgehead atoms. The molecule has 0 radical (unpaired) electrons. The highest BCUT2D eigenvalue weighted by molar-refractivity contribution is 5.55. The summed E-state index contributed by atoms with van der Waals surface area (Å²) in [5.74, 6) is 0. The molecule has 1 aromatic carbocycles. The molecule has 1 fully saturated rings. The Hall–Kier alpha value is -1.83. The Morgan fingerprint density at radius 2 is 2.00 bits per heavy atom. The number of hydrogen-bond acceptors (Lipinski definition) is 4. The third-order valence-corrected chi connectivity index (χ3v) is 3.04. The Morgan fingerprint density at radius 3 is 2.47 bits per heavy atom. The first-order chi connectivity index (χ1) is 8.77. The number of alkyl halides is 3. The lowest BCUT2D eigenvalue weighted by molar-refractivity contribution is -0.388. The number of nitrogens with zero attached hydrogens (tertiary/aromatic N) is 1. The molecule has 0 saturated heterocycles. The van der Waals surface area contributed by atoms with Gasteiger partial charge >= 0.3 is 6.18 Å². The summed E-state index contributed by atoms with van der Waals surface area (Å²) in [7, 11) is 0. The summed E-state index contributed by atoms with van der Waals surface area (Å²) in [6, 6.07) is 3.00. The minimum atomic E-state index is -4.75. The topological polar surface area (TPSA) is 81.2 Å². The van der Waals surface area contributed by atoms with Gasteiger partial charge in [0.1, 0.15) is 5.56 Å². The zero-order valence-electron chi connectivity index (χ0n) is 9.78. The van der Waals surface area contributed by atoms with Crippen LogP contribution >= 0.6 is 0 Å². The molecule has 5 nitrogen and oxygen atoms in total. The van der Waals surface area contributed by atoms with Crippen molar-refractivity contribution in [2.45, 2.75) is 31.1 Å². The molecule has 0 spiro atoms. The molecule has 1 aliphatic carbocycles. The van der Waals surface area contributed by atoms with Gasteiger partial charge in [0, 0.05) is 23.8 Å². The second-order valence-corrected chi connectivity index (χ2v) is 4.56. The summed E-state index contributed by atoms with van der Waals surface area (Å²) in [6.45, 7) is 0. The van der Waals surface area contributed by atoms with Gasteiger partial charge in [-0.15, -0.1) is 0 Å². The standard InChI is InChI=1S/C11H12F3N3O2/c12-11(13,14)9-5-7(1-2-10(9)17(18)19)16-8-3-6(15)4-8/h1-2,5-6,8,16H,3-4,15H2. The van der Waals surface area contributed by atoms with Gasteiger partial charge in [-0.3, -0.25) is 10.1 Å². The van der Waals surface area contributed by atoms with Crippen LogP contribution in [0, 0.1) is 10.1 Å². The Balaban J connectivity index is 2.25. The molecular weight excluding hydrogens is 263 g/mol. The van der Waals surface area contributed by atoms with E-state index >= 15 is 0 Å². The molecule has 0 atom stereocenters. The summed E-state index contributed by atoms with van der Waals surface area (Å²) >= 11 is 0. The van der Waals surface area contributed by atoms with E-state index in [0.717, 1.165) is 12.1 Å². The van der Waals surface area contributed by atoms with Crippen molar-refractivity contribution in [1.82, 2.24) is 0 Å². The van der Waals surface area contributed by atoms with Crippen molar-refractivity contribution in [3.8, 4) is 0 Å². The number of hydrogen-bond donors (Lipinski definition) is 2. The summed E-state index contributed by atoms with van der Waals surface area (Å²) in [5, 5.41) is 13.5. The van der Waals surface area contributed by atoms with Gasteiger partial charge in [0.25, 0.3) is 5.69 Å². The van der Waals surface area contributed by atoms with Gasteiger partial charge in [-0.05, 0) is 25.0 Å². The normalized spacial score (nSPS) is 22.7. The number of rotatable bonds is 3. The van der Waals surface area contributed by atoms with E-state index in [1.807, 2.05) is 0 Å². The molecule has 0 aliphatic heterocycles. The van der Waals surface area contributed by atoms with E-state index in [4.69, 9.17) is 5.73 Å². The van der Waals surface area contributed by atoms with Crippen molar-refractivity contribution in [2.24, 2.45) is 5.73 Å². The van der Waals surface area contributed by atoms with Crippen molar-refractivity contribution in [1.29, 1.82) is 0 Å². The lowest BCUT2D eigenvalue weighted by Crippen LogP contribution is -2.44. The van der Waals surface area contributed by atoms with Crippen molar-refractivity contribution >= 4 is 11.4 Å². The molecule has 1 saturated carbocycles. The zero-order valence-corrected chi connectivity index (χ0v) is 9.78. The minimum Gasteiger partial charge on any atom is -0.382 e. The first kappa shape index (κ1) is 13.6. The monoisotopic (exact) mass is 275 g/mol. The average molecular weight is 275 g/mol. The van der Waals surface area contributed by atoms with E-state index in [1.54, 1.807) is 0 Å². The van der Waals surface area contributed by atoms with E-state index in [2.05, 4.69) is 5.32 Å². The zero-order chi connectivity index (χ0) is 14.2. The molecular formula is C11H12F3N3O2. The summed E-state index contributed by atoms with van der Waals surface area (Å²) in [5.41, 5.74) is 3.61. The summed E-state index contributed by atoms with van der Waals surface area (Å²) < 4.78 is 38.2. The molecule has 104 valence electrons. The number of halogens is 3. The number of nitro benzene ring substituents is 1. The molecule has 8 heteroatoms. The van der Waals surface area contributed by atoms with Crippen LogP contribution in [0.25, 0.3) is 0 Å². The Morgan fingerprint density at radius 1 is 1.37 bits per heavy atom. The van der Waals surface area contributed by atoms with Crippen LogP contribution < -0.4 is 11.1 Å². The number of nitro groups is 1. The molecule has 1 aliphatic rings. The maximum atomic E-state index is 12.7. The maximum absolute atomic E-state index is 12.7. The van der Waals surface area contributed by atoms with Gasteiger partial charge in [0.15, 0.2) is 0 Å². The van der Waals surface area contributed by atoms with Crippen molar-refractivity contribution in [3.63, 3.8) is 0 Å². The van der Waals surface area contributed by atoms with Gasteiger partial charge in [-0.2, -0.15) is 13.2 Å². The maximum Gasteiger partial charge on any atom is 0.423 e. The van der Waals surface area contributed by atoms with Gasteiger partial charge in [0.05, 0.1) is 4.92 Å². The molecule has 19 heavy (non-hydrogen) atoms. The van der Waals surface area contributed by atoms with Crippen LogP contribution in [0.15, 0.2) is 18.2 Å². The highest BCUT2D eigenvalue weighted by atomic mass is 19.4. The second kappa shape index (κ2) is 4.69. The van der Waals surface area contributed by atoms with E-state index in [-0.39, 0.29) is 17.8 Å². The molecule has 1 aromatic rings. The Bertz CT molecular complexity index is 498. The van der Waals surface area contributed by atoms with Crippen LogP contribution in [0.5, 0.6) is 0 Å². The molecule has 0 unspecified atom stereocenters. The fourth-order valence-corrected chi connectivity index (χ4v) is 2.03. The molecule has 2 rings (SSSR count). The first-order valence-corrected chi connectivity index (χ1v) is 5.65. The van der Waals surface area contributed by atoms with E-state index in [0.29, 0.717) is 12.8 Å². The van der Waals surface area contributed by atoms with Crippen molar-refractivity contribution < 1.29 is 18.1 Å². The second-order valence-electron chi connectivity index (χ2n) is 4.56. The van der Waals surface area contributed by atoms with Crippen LogP contribution in [0.4, 0.5) is 24.5 Å². The smallest absolute Gasteiger partial charge is 0.382 e. The predicted octanol–water partition coefficient (Wildman–Crippen LogP) is 2.52. The van der Waals surface area contributed by atoms with E-state index in [1.165, 1.54) is 6.07 Å². The van der Waals surface area contributed by atoms with E-state index in [9.17, 15) is 23.3 Å². The summed E-state index contributed by atoms with van der Waals surface area (Å²) in [6.07, 6.45) is -3.40. The van der Waals surface area contributed by atoms with Gasteiger partial charge in [0.2, 0.25) is 0 Å². The minimum absolute atomic E-state index is 0.0255. The molecule has 0 aromatic heterocycles. The first-order valence-electron chi connectivity index (χ1n) is 5.65. The third-order valence-electron chi connectivity index (χ3n) is 3.04. The fraction of sp³-hybridized carbons (Fsp3) is 0.455. The number of benzene rings is 1. The predicted molar refractivity (Wildman–Crippen MR) is 62.7 cm³/mol. The Kier molecular flexibility index (Phi) is 3.36. The van der Waals surface area contributed by atoms with Crippen LogP contribution in [-0.2, 0) is 6.18 Å². The number of nitrogens with one attached hydrogen (secondary N) is 1. The average Bonchev–Trinajstić information content (AvgIpc) is 2.25. The van der Waals surface area contributed by atoms with Crippen LogP contribution in [0.3, 0.4) is 0 Å². The largest absolute Gasteiger partial charge is 0.423 e. The van der Waals surface area contributed by atoms with Crippen molar-refractivity contribution in [2.75, 3.05) is 5.32 Å². The Labute approximate surface area is 106 Å². The van der Waals surface area contributed by atoms with Gasteiger partial charge in [-0.25, -0.2) is 0 Å². The lowest BCUT2D eigenvalue weighted by Gasteiger charge is -2.33. The number of nitrogens with two attached hydrogens (primary N) is 1. The van der Waals surface area contributed by atoms with Gasteiger partial charge in [-0.1, -0.05) is 0 Å². The highest BCUT2D eigenvalue weighted by Gasteiger charge is 2.38. The molecule has 0 amide bonds. The van der Waals surface area contributed by atoms with Crippen LogP contribution in [-0.4, -0.2) is 17.0 Å². The lowest BCUT2D eigenvalue weighted by atomic mass is 9.87. The van der Waals surface area contributed by atoms with Crippen LogP contribution in [0.2, 0.25) is 0 Å². The molecule has 0 heterocycles. The third kappa shape index (κ3) is 2.95. The fourth-order valence-electron chi connectivity index (χ4n) is 2.03. The SMILES string of the molecule is NC1CC(Nc2ccc([N+](=O)[O-])c(C(F)(F)F)c2)C1. The van der Waals surface area contributed by atoms with E-state index < -0.39 is 22.4 Å². The number of anilines is 1. The van der Waals surface area contributed by atoms with Crippen LogP contribution in [0.1, 0.15) is 18.4 Å². The van der Waals surface area contributed by atoms with Gasteiger partial charge < -0.3 is 11.1 Å². The van der Waals surface area contributed by atoms with Crippen molar-refractivity contribution in [3.05, 3.63) is 33.9 Å². The summed E-state index contributed by atoms with van der Waals surface area (Å²) in [4.78, 5) is 9.55. The quantitative estimate of drug-likeness (QED) is 0.656. The highest BCUT2D eigenvalue weighted by Crippen LogP contribution is 2.38. The molecule has 3 N–H and O–H groups in total.